The van der Waals surface area contributed by atoms with E-state index in [1.807, 2.05) is 0 Å². The smallest absolute Gasteiger partial charge is 0.106 e. The molecule has 3 rings (SSSR count). The number of nitriles is 1. The number of hydrogen-bond donors (Lipinski definition) is 1. The van der Waals surface area contributed by atoms with Gasteiger partial charge in [0.15, 0.2) is 0 Å². The molecule has 2 fully saturated rings. The Morgan fingerprint density at radius 2 is 1.95 bits per heavy atom. The molecule has 1 saturated heterocycles. The van der Waals surface area contributed by atoms with Crippen LogP contribution < -0.4 is 5.32 Å². The van der Waals surface area contributed by atoms with Crippen LogP contribution in [-0.2, 0) is 4.74 Å². The summed E-state index contributed by atoms with van der Waals surface area (Å²) in [6, 6.07) is 13.3. The van der Waals surface area contributed by atoms with Gasteiger partial charge >= 0.3 is 0 Å². The van der Waals surface area contributed by atoms with Gasteiger partial charge < -0.3 is 4.74 Å². The van der Waals surface area contributed by atoms with E-state index in [1.165, 1.54) is 5.56 Å². The summed E-state index contributed by atoms with van der Waals surface area (Å²) in [5.41, 5.74) is 1.08. The maximum atomic E-state index is 9.62. The summed E-state index contributed by atoms with van der Waals surface area (Å²) < 4.78 is 5.65. The second-order valence-corrected chi connectivity index (χ2v) is 6.39. The molecule has 112 valence electrons. The van der Waals surface area contributed by atoms with Crippen molar-refractivity contribution in [2.45, 2.75) is 56.1 Å². The maximum absolute atomic E-state index is 9.62. The van der Waals surface area contributed by atoms with Crippen LogP contribution in [0.2, 0.25) is 0 Å². The molecule has 0 aromatic heterocycles. The van der Waals surface area contributed by atoms with E-state index >= 15 is 0 Å². The molecule has 0 spiro atoms. The molecule has 1 N–H and O–H groups in total. The van der Waals surface area contributed by atoms with Crippen LogP contribution in [0.3, 0.4) is 0 Å². The summed E-state index contributed by atoms with van der Waals surface area (Å²) in [4.78, 5) is 0. The molecule has 21 heavy (non-hydrogen) atoms. The summed E-state index contributed by atoms with van der Waals surface area (Å²) in [7, 11) is 0. The SMILES string of the molecule is N#CC1(NCC2CCCO2)CCC(c2ccccc2)CC1. The summed E-state index contributed by atoms with van der Waals surface area (Å²) >= 11 is 0. The zero-order valence-electron chi connectivity index (χ0n) is 12.6. The molecule has 0 radical (unpaired) electrons. The van der Waals surface area contributed by atoms with E-state index < -0.39 is 0 Å². The minimum absolute atomic E-state index is 0.307. The van der Waals surface area contributed by atoms with E-state index in [-0.39, 0.29) is 5.54 Å². The third-order valence-electron chi connectivity index (χ3n) is 5.02. The van der Waals surface area contributed by atoms with Crippen molar-refractivity contribution >= 4 is 0 Å². The van der Waals surface area contributed by atoms with Crippen molar-refractivity contribution in [3.63, 3.8) is 0 Å². The van der Waals surface area contributed by atoms with Gasteiger partial charge in [0.05, 0.1) is 12.2 Å². The second kappa shape index (κ2) is 6.60. The molecule has 1 aromatic rings. The molecule has 1 aromatic carbocycles. The Labute approximate surface area is 127 Å². The van der Waals surface area contributed by atoms with Crippen molar-refractivity contribution in [3.8, 4) is 6.07 Å². The van der Waals surface area contributed by atoms with Crippen LogP contribution in [0.15, 0.2) is 30.3 Å². The Kier molecular flexibility index (Phi) is 4.57. The van der Waals surface area contributed by atoms with Gasteiger partial charge in [-0.1, -0.05) is 30.3 Å². The van der Waals surface area contributed by atoms with Crippen molar-refractivity contribution in [1.82, 2.24) is 5.32 Å². The monoisotopic (exact) mass is 284 g/mol. The summed E-state index contributed by atoms with van der Waals surface area (Å²) in [6.07, 6.45) is 6.66. The van der Waals surface area contributed by atoms with Crippen molar-refractivity contribution < 1.29 is 4.74 Å². The average molecular weight is 284 g/mol. The molecule has 3 heteroatoms. The van der Waals surface area contributed by atoms with Gasteiger partial charge in [-0.3, -0.25) is 5.32 Å². The van der Waals surface area contributed by atoms with Gasteiger partial charge in [-0.25, -0.2) is 0 Å². The van der Waals surface area contributed by atoms with Crippen LogP contribution >= 0.6 is 0 Å². The molecule has 0 amide bonds. The Balaban J connectivity index is 1.55. The maximum Gasteiger partial charge on any atom is 0.106 e. The number of nitrogens with one attached hydrogen (secondary N) is 1. The van der Waals surface area contributed by atoms with E-state index in [4.69, 9.17) is 4.74 Å². The molecular formula is C18H24N2O. The van der Waals surface area contributed by atoms with Gasteiger partial charge in [0.1, 0.15) is 5.54 Å². The zero-order chi connectivity index (χ0) is 14.5. The minimum Gasteiger partial charge on any atom is -0.377 e. The number of rotatable bonds is 4. The lowest BCUT2D eigenvalue weighted by Gasteiger charge is -2.36. The first-order valence-electron chi connectivity index (χ1n) is 8.14. The summed E-state index contributed by atoms with van der Waals surface area (Å²) in [6.45, 7) is 1.70. The first kappa shape index (κ1) is 14.6. The Hall–Kier alpha value is -1.37. The Morgan fingerprint density at radius 1 is 1.19 bits per heavy atom. The van der Waals surface area contributed by atoms with Gasteiger partial charge in [-0.2, -0.15) is 5.26 Å². The summed E-state index contributed by atoms with van der Waals surface area (Å²) in [5.74, 6) is 0.609. The normalized spacial score (nSPS) is 32.7. The third kappa shape index (κ3) is 3.45. The van der Waals surface area contributed by atoms with Crippen LogP contribution in [0, 0.1) is 11.3 Å². The Morgan fingerprint density at radius 3 is 2.57 bits per heavy atom. The van der Waals surface area contributed by atoms with Gasteiger partial charge in [-0.05, 0) is 50.0 Å². The van der Waals surface area contributed by atoms with Crippen LogP contribution in [0.1, 0.15) is 50.0 Å². The molecule has 1 saturated carbocycles. The Bertz CT molecular complexity index is 480. The van der Waals surface area contributed by atoms with Gasteiger partial charge in [-0.15, -0.1) is 0 Å². The lowest BCUT2D eigenvalue weighted by Crippen LogP contribution is -2.49. The molecule has 2 aliphatic rings. The predicted molar refractivity (Wildman–Crippen MR) is 83.0 cm³/mol. The van der Waals surface area contributed by atoms with Crippen molar-refractivity contribution in [2.75, 3.05) is 13.2 Å². The second-order valence-electron chi connectivity index (χ2n) is 6.39. The topological polar surface area (TPSA) is 45.0 Å². The van der Waals surface area contributed by atoms with Crippen molar-refractivity contribution in [1.29, 1.82) is 5.26 Å². The van der Waals surface area contributed by atoms with Crippen LogP contribution in [-0.4, -0.2) is 24.8 Å². The van der Waals surface area contributed by atoms with E-state index in [0.717, 1.165) is 51.7 Å². The third-order valence-corrected chi connectivity index (χ3v) is 5.02. The number of benzene rings is 1. The highest BCUT2D eigenvalue weighted by Crippen LogP contribution is 2.37. The fraction of sp³-hybridized carbons (Fsp3) is 0.611. The lowest BCUT2D eigenvalue weighted by atomic mass is 9.75. The van der Waals surface area contributed by atoms with Gasteiger partial charge in [0, 0.05) is 13.2 Å². The standard InChI is InChI=1S/C18H24N2O/c19-14-18(20-13-17-7-4-12-21-17)10-8-16(9-11-18)15-5-2-1-3-6-15/h1-3,5-6,16-17,20H,4,7-13H2. The highest BCUT2D eigenvalue weighted by molar-refractivity contribution is 5.22. The molecule has 1 atom stereocenters. The van der Waals surface area contributed by atoms with E-state index in [0.29, 0.717) is 12.0 Å². The van der Waals surface area contributed by atoms with Crippen molar-refractivity contribution in [2.24, 2.45) is 0 Å². The average Bonchev–Trinajstić information content (AvgIpc) is 3.08. The van der Waals surface area contributed by atoms with E-state index in [9.17, 15) is 5.26 Å². The first-order valence-corrected chi connectivity index (χ1v) is 8.14. The minimum atomic E-state index is -0.336. The van der Waals surface area contributed by atoms with Crippen LogP contribution in [0.5, 0.6) is 0 Å². The largest absolute Gasteiger partial charge is 0.377 e. The quantitative estimate of drug-likeness (QED) is 0.922. The fourth-order valence-electron chi connectivity index (χ4n) is 3.61. The zero-order valence-corrected chi connectivity index (χ0v) is 12.6. The molecule has 1 heterocycles. The highest BCUT2D eigenvalue weighted by Gasteiger charge is 2.36. The molecule has 0 bridgehead atoms. The summed E-state index contributed by atoms with van der Waals surface area (Å²) in [5, 5.41) is 13.1. The molecule has 1 unspecified atom stereocenters. The van der Waals surface area contributed by atoms with Crippen LogP contribution in [0.4, 0.5) is 0 Å². The molecule has 1 aliphatic heterocycles. The van der Waals surface area contributed by atoms with Gasteiger partial charge in [0.2, 0.25) is 0 Å². The first-order chi connectivity index (χ1) is 10.3. The molecular weight excluding hydrogens is 260 g/mol. The number of ether oxygens (including phenoxy) is 1. The molecule has 1 aliphatic carbocycles. The van der Waals surface area contributed by atoms with E-state index in [2.05, 4.69) is 41.7 Å². The number of nitrogens with zero attached hydrogens (tertiary/aromatic N) is 1. The fourth-order valence-corrected chi connectivity index (χ4v) is 3.61. The number of hydrogen-bond acceptors (Lipinski definition) is 3. The highest BCUT2D eigenvalue weighted by atomic mass is 16.5. The lowest BCUT2D eigenvalue weighted by molar-refractivity contribution is 0.100. The van der Waals surface area contributed by atoms with Crippen molar-refractivity contribution in [3.05, 3.63) is 35.9 Å². The van der Waals surface area contributed by atoms with Crippen LogP contribution in [0.25, 0.3) is 0 Å². The predicted octanol–water partition coefficient (Wildman–Crippen LogP) is 3.38. The van der Waals surface area contributed by atoms with E-state index in [1.54, 1.807) is 0 Å². The molecule has 3 nitrogen and oxygen atoms in total. The van der Waals surface area contributed by atoms with Gasteiger partial charge in [0.25, 0.3) is 0 Å².